The first kappa shape index (κ1) is 16.8. The van der Waals surface area contributed by atoms with Crippen LogP contribution in [-0.2, 0) is 0 Å². The second kappa shape index (κ2) is 6.71. The lowest BCUT2D eigenvalue weighted by Gasteiger charge is -2.09. The monoisotopic (exact) mass is 427 g/mol. The van der Waals surface area contributed by atoms with Gasteiger partial charge in [0.2, 0.25) is 0 Å². The Morgan fingerprint density at radius 2 is 1.73 bits per heavy atom. The SMILES string of the molecule is COc1cc(C=Nc2cc(C)cc(C)c2O)c(Br)c(Br)c1O. The number of aromatic hydroxyl groups is 2. The van der Waals surface area contributed by atoms with E-state index in [1.165, 1.54) is 7.11 Å². The van der Waals surface area contributed by atoms with Crippen LogP contribution in [0.3, 0.4) is 0 Å². The van der Waals surface area contributed by atoms with Crippen LogP contribution < -0.4 is 4.74 Å². The number of hydrogen-bond donors (Lipinski definition) is 2. The maximum Gasteiger partial charge on any atom is 0.173 e. The largest absolute Gasteiger partial charge is 0.505 e. The van der Waals surface area contributed by atoms with E-state index < -0.39 is 0 Å². The minimum atomic E-state index is 0.0146. The van der Waals surface area contributed by atoms with Crippen molar-refractivity contribution in [1.29, 1.82) is 0 Å². The Morgan fingerprint density at radius 3 is 2.36 bits per heavy atom. The molecule has 0 spiro atoms. The molecule has 0 heterocycles. The fraction of sp³-hybridized carbons (Fsp3) is 0.188. The van der Waals surface area contributed by atoms with E-state index in [2.05, 4.69) is 36.9 Å². The number of methoxy groups -OCH3 is 1. The van der Waals surface area contributed by atoms with Gasteiger partial charge in [-0.25, -0.2) is 0 Å². The van der Waals surface area contributed by atoms with Gasteiger partial charge in [-0.3, -0.25) is 4.99 Å². The number of phenolic OH excluding ortho intramolecular Hbond substituents is 2. The van der Waals surface area contributed by atoms with Gasteiger partial charge in [0.15, 0.2) is 11.5 Å². The van der Waals surface area contributed by atoms with Crippen LogP contribution in [0.1, 0.15) is 16.7 Å². The van der Waals surface area contributed by atoms with Crippen LogP contribution in [0.5, 0.6) is 17.2 Å². The summed E-state index contributed by atoms with van der Waals surface area (Å²) in [6.45, 7) is 3.78. The summed E-state index contributed by atoms with van der Waals surface area (Å²) in [6, 6.07) is 5.36. The van der Waals surface area contributed by atoms with E-state index in [1.807, 2.05) is 19.9 Å². The second-order valence-corrected chi connectivity index (χ2v) is 6.44. The van der Waals surface area contributed by atoms with E-state index >= 15 is 0 Å². The minimum Gasteiger partial charge on any atom is -0.505 e. The fourth-order valence-corrected chi connectivity index (χ4v) is 2.87. The molecule has 2 N–H and O–H groups in total. The third kappa shape index (κ3) is 3.28. The van der Waals surface area contributed by atoms with Gasteiger partial charge in [-0.1, -0.05) is 6.07 Å². The molecule has 2 aromatic rings. The van der Waals surface area contributed by atoms with Gasteiger partial charge >= 0.3 is 0 Å². The lowest BCUT2D eigenvalue weighted by atomic mass is 10.1. The summed E-state index contributed by atoms with van der Waals surface area (Å²) in [4.78, 5) is 4.34. The number of aliphatic imine (C=N–C) groups is 1. The molecule has 0 aromatic heterocycles. The molecule has 0 aliphatic carbocycles. The van der Waals surface area contributed by atoms with Crippen molar-refractivity contribution in [3.05, 3.63) is 43.8 Å². The molecule has 0 aliphatic rings. The van der Waals surface area contributed by atoms with Gasteiger partial charge in [0.25, 0.3) is 0 Å². The maximum absolute atomic E-state index is 10.1. The Morgan fingerprint density at radius 1 is 1.05 bits per heavy atom. The molecule has 0 atom stereocenters. The Balaban J connectivity index is 2.49. The molecule has 6 heteroatoms. The molecule has 0 unspecified atom stereocenters. The zero-order valence-corrected chi connectivity index (χ0v) is 15.5. The van der Waals surface area contributed by atoms with Crippen LogP contribution in [0.2, 0.25) is 0 Å². The van der Waals surface area contributed by atoms with E-state index in [0.717, 1.165) is 11.1 Å². The molecule has 22 heavy (non-hydrogen) atoms. The van der Waals surface area contributed by atoms with Crippen molar-refractivity contribution in [3.63, 3.8) is 0 Å². The standard InChI is InChI=1S/C16H15Br2NO3/c1-8-4-9(2)15(20)11(5-8)19-7-10-6-12(22-3)16(21)14(18)13(10)17/h4-7,20-21H,1-3H3. The molecule has 4 nitrogen and oxygen atoms in total. The number of nitrogens with zero attached hydrogens (tertiary/aromatic N) is 1. The Kier molecular flexibility index (Phi) is 5.13. The lowest BCUT2D eigenvalue weighted by Crippen LogP contribution is -1.91. The van der Waals surface area contributed by atoms with Crippen LogP contribution in [0, 0.1) is 13.8 Å². The molecule has 0 saturated heterocycles. The summed E-state index contributed by atoms with van der Waals surface area (Å²) in [5.74, 6) is 0.504. The van der Waals surface area contributed by atoms with E-state index in [9.17, 15) is 10.2 Å². The Bertz CT molecular complexity index is 758. The van der Waals surface area contributed by atoms with Crippen LogP contribution in [0.15, 0.2) is 32.1 Å². The highest BCUT2D eigenvalue weighted by molar-refractivity contribution is 9.13. The number of ether oxygens (including phenoxy) is 1. The van der Waals surface area contributed by atoms with Crippen molar-refractivity contribution in [2.75, 3.05) is 7.11 Å². The Hall–Kier alpha value is -1.53. The third-order valence-electron chi connectivity index (χ3n) is 3.16. The molecule has 2 rings (SSSR count). The molecular formula is C16H15Br2NO3. The van der Waals surface area contributed by atoms with Gasteiger partial charge in [0.1, 0.15) is 11.4 Å². The predicted molar refractivity (Wildman–Crippen MR) is 94.9 cm³/mol. The molecule has 0 bridgehead atoms. The average molecular weight is 429 g/mol. The number of aryl methyl sites for hydroxylation is 2. The second-order valence-electron chi connectivity index (χ2n) is 4.85. The quantitative estimate of drug-likeness (QED) is 0.676. The van der Waals surface area contributed by atoms with Crippen LogP contribution in [-0.4, -0.2) is 23.5 Å². The summed E-state index contributed by atoms with van der Waals surface area (Å²) in [7, 11) is 1.48. The van der Waals surface area contributed by atoms with E-state index in [1.54, 1.807) is 18.3 Å². The summed E-state index contributed by atoms with van der Waals surface area (Å²) in [5.41, 5.74) is 2.99. The average Bonchev–Trinajstić information content (AvgIpc) is 2.48. The van der Waals surface area contributed by atoms with Gasteiger partial charge in [0.05, 0.1) is 11.6 Å². The van der Waals surface area contributed by atoms with Crippen molar-refractivity contribution in [3.8, 4) is 17.2 Å². The molecule has 0 amide bonds. The zero-order valence-electron chi connectivity index (χ0n) is 12.3. The summed E-state index contributed by atoms with van der Waals surface area (Å²) in [6.07, 6.45) is 1.60. The van der Waals surface area contributed by atoms with Gasteiger partial charge in [-0.15, -0.1) is 0 Å². The van der Waals surface area contributed by atoms with Gasteiger partial charge < -0.3 is 14.9 Å². The van der Waals surface area contributed by atoms with Crippen molar-refractivity contribution in [1.82, 2.24) is 0 Å². The lowest BCUT2D eigenvalue weighted by molar-refractivity contribution is 0.371. The number of hydrogen-bond acceptors (Lipinski definition) is 4. The number of rotatable bonds is 3. The minimum absolute atomic E-state index is 0.0146. The first-order valence-corrected chi connectivity index (χ1v) is 8.03. The molecule has 2 aromatic carbocycles. The molecule has 0 saturated carbocycles. The summed E-state index contributed by atoms with van der Waals surface area (Å²) < 4.78 is 6.26. The number of benzene rings is 2. The van der Waals surface area contributed by atoms with E-state index in [4.69, 9.17) is 4.74 Å². The predicted octanol–water partition coefficient (Wildman–Crippen LogP) is 5.00. The first-order chi connectivity index (χ1) is 10.3. The van der Waals surface area contributed by atoms with Crippen LogP contribution in [0.25, 0.3) is 0 Å². The molecular weight excluding hydrogens is 414 g/mol. The normalized spacial score (nSPS) is 11.1. The molecule has 116 valence electrons. The maximum atomic E-state index is 10.1. The number of phenols is 2. The van der Waals surface area contributed by atoms with Gasteiger partial charge in [-0.05, 0) is 69.0 Å². The fourth-order valence-electron chi connectivity index (χ4n) is 2.04. The highest BCUT2D eigenvalue weighted by atomic mass is 79.9. The van der Waals surface area contributed by atoms with Gasteiger partial charge in [0, 0.05) is 16.3 Å². The van der Waals surface area contributed by atoms with Crippen LogP contribution >= 0.6 is 31.9 Å². The van der Waals surface area contributed by atoms with E-state index in [0.29, 0.717) is 25.9 Å². The first-order valence-electron chi connectivity index (χ1n) is 6.44. The zero-order chi connectivity index (χ0) is 16.4. The molecule has 0 aliphatic heterocycles. The van der Waals surface area contributed by atoms with Crippen molar-refractivity contribution >= 4 is 43.8 Å². The van der Waals surface area contributed by atoms with Crippen molar-refractivity contribution < 1.29 is 14.9 Å². The topological polar surface area (TPSA) is 62.0 Å². The van der Waals surface area contributed by atoms with Gasteiger partial charge in [-0.2, -0.15) is 0 Å². The van der Waals surface area contributed by atoms with Crippen molar-refractivity contribution in [2.24, 2.45) is 4.99 Å². The van der Waals surface area contributed by atoms with Crippen molar-refractivity contribution in [2.45, 2.75) is 13.8 Å². The summed E-state index contributed by atoms with van der Waals surface area (Å²) >= 11 is 6.70. The highest BCUT2D eigenvalue weighted by Crippen LogP contribution is 2.41. The highest BCUT2D eigenvalue weighted by Gasteiger charge is 2.14. The Labute approximate surface area is 145 Å². The third-order valence-corrected chi connectivity index (χ3v) is 5.32. The number of halogens is 2. The van der Waals surface area contributed by atoms with Crippen LogP contribution in [0.4, 0.5) is 5.69 Å². The molecule has 0 fully saturated rings. The smallest absolute Gasteiger partial charge is 0.173 e. The summed E-state index contributed by atoms with van der Waals surface area (Å²) in [5, 5.41) is 20.0. The van der Waals surface area contributed by atoms with E-state index in [-0.39, 0.29) is 11.5 Å². The molecule has 0 radical (unpaired) electrons.